The largest absolute Gasteiger partial charge is 0.480 e. The van der Waals surface area contributed by atoms with Gasteiger partial charge in [0.1, 0.15) is 0 Å². The van der Waals surface area contributed by atoms with E-state index in [2.05, 4.69) is 17.1 Å². The van der Waals surface area contributed by atoms with Crippen molar-refractivity contribution in [2.45, 2.75) is 32.2 Å². The standard InChI is InChI=1S/C16H26N2O2/c1-4-6-12-18(3)13-16(15(19)20,17-5-2)14-10-8-7-9-11-14/h7-11,17H,4-6,12-13H2,1-3H3,(H,19,20). The molecule has 2 N–H and O–H groups in total. The van der Waals surface area contributed by atoms with E-state index in [0.717, 1.165) is 24.9 Å². The number of rotatable bonds is 9. The smallest absolute Gasteiger partial charge is 0.329 e. The lowest BCUT2D eigenvalue weighted by Gasteiger charge is -2.34. The van der Waals surface area contributed by atoms with Gasteiger partial charge in [-0.25, -0.2) is 4.79 Å². The summed E-state index contributed by atoms with van der Waals surface area (Å²) in [7, 11) is 1.98. The van der Waals surface area contributed by atoms with Gasteiger partial charge in [-0.05, 0) is 32.1 Å². The second-order valence-corrected chi connectivity index (χ2v) is 5.20. The molecule has 0 aliphatic carbocycles. The number of likely N-dealkylation sites (N-methyl/N-ethyl adjacent to an activating group) is 2. The van der Waals surface area contributed by atoms with Crippen molar-refractivity contribution in [3.8, 4) is 0 Å². The summed E-state index contributed by atoms with van der Waals surface area (Å²) in [5, 5.41) is 13.0. The van der Waals surface area contributed by atoms with Crippen molar-refractivity contribution in [1.82, 2.24) is 10.2 Å². The first-order chi connectivity index (χ1) is 9.56. The fourth-order valence-corrected chi connectivity index (χ4v) is 2.45. The van der Waals surface area contributed by atoms with Crippen LogP contribution in [0.15, 0.2) is 30.3 Å². The first-order valence-corrected chi connectivity index (χ1v) is 7.29. The molecule has 1 atom stereocenters. The Bertz CT molecular complexity index is 408. The minimum Gasteiger partial charge on any atom is -0.480 e. The second-order valence-electron chi connectivity index (χ2n) is 5.20. The molecule has 0 aliphatic rings. The minimum atomic E-state index is -1.04. The van der Waals surface area contributed by atoms with Crippen LogP contribution in [-0.4, -0.2) is 42.7 Å². The Balaban J connectivity index is 3.03. The molecule has 0 aromatic heterocycles. The van der Waals surface area contributed by atoms with E-state index in [0.29, 0.717) is 13.1 Å². The van der Waals surface area contributed by atoms with Gasteiger partial charge in [0.15, 0.2) is 5.54 Å². The number of carboxylic acids is 1. The van der Waals surface area contributed by atoms with Crippen LogP contribution in [0.1, 0.15) is 32.3 Å². The highest BCUT2D eigenvalue weighted by molar-refractivity contribution is 5.81. The molecule has 112 valence electrons. The Morgan fingerprint density at radius 1 is 1.30 bits per heavy atom. The monoisotopic (exact) mass is 278 g/mol. The maximum atomic E-state index is 11.9. The van der Waals surface area contributed by atoms with E-state index in [4.69, 9.17) is 0 Å². The Morgan fingerprint density at radius 2 is 1.95 bits per heavy atom. The number of carbonyl (C=O) groups is 1. The second kappa shape index (κ2) is 8.02. The van der Waals surface area contributed by atoms with Crippen LogP contribution in [0.25, 0.3) is 0 Å². The van der Waals surface area contributed by atoms with Crippen LogP contribution in [0.2, 0.25) is 0 Å². The molecule has 0 heterocycles. The lowest BCUT2D eigenvalue weighted by molar-refractivity contribution is -0.146. The number of hydrogen-bond donors (Lipinski definition) is 2. The number of nitrogens with one attached hydrogen (secondary N) is 1. The van der Waals surface area contributed by atoms with Crippen LogP contribution in [-0.2, 0) is 10.3 Å². The van der Waals surface area contributed by atoms with Crippen molar-refractivity contribution in [3.63, 3.8) is 0 Å². The van der Waals surface area contributed by atoms with Gasteiger partial charge in [0.05, 0.1) is 0 Å². The number of carboxylic acid groups (broad SMARTS) is 1. The molecular formula is C16H26N2O2. The van der Waals surface area contributed by atoms with E-state index in [1.54, 1.807) is 0 Å². The van der Waals surface area contributed by atoms with Gasteiger partial charge in [-0.2, -0.15) is 0 Å². The van der Waals surface area contributed by atoms with Crippen LogP contribution >= 0.6 is 0 Å². The Labute approximate surface area is 121 Å². The first kappa shape index (κ1) is 16.7. The van der Waals surface area contributed by atoms with Gasteiger partial charge in [0, 0.05) is 6.54 Å². The van der Waals surface area contributed by atoms with Gasteiger partial charge in [0.2, 0.25) is 0 Å². The summed E-state index contributed by atoms with van der Waals surface area (Å²) in [5.41, 5.74) is -0.240. The van der Waals surface area contributed by atoms with Crippen LogP contribution in [0.5, 0.6) is 0 Å². The fourth-order valence-electron chi connectivity index (χ4n) is 2.45. The third kappa shape index (κ3) is 4.05. The highest BCUT2D eigenvalue weighted by atomic mass is 16.4. The van der Waals surface area contributed by atoms with Crippen LogP contribution in [0.4, 0.5) is 0 Å². The summed E-state index contributed by atoms with van der Waals surface area (Å²) >= 11 is 0. The number of benzene rings is 1. The molecule has 0 saturated carbocycles. The zero-order valence-corrected chi connectivity index (χ0v) is 12.7. The Kier molecular flexibility index (Phi) is 6.68. The van der Waals surface area contributed by atoms with Gasteiger partial charge in [0.25, 0.3) is 0 Å². The number of unbranched alkanes of at least 4 members (excludes halogenated alkanes) is 1. The van der Waals surface area contributed by atoms with Gasteiger partial charge >= 0.3 is 5.97 Å². The van der Waals surface area contributed by atoms with Crippen molar-refractivity contribution < 1.29 is 9.90 Å². The quantitative estimate of drug-likeness (QED) is 0.728. The molecule has 0 aliphatic heterocycles. The highest BCUT2D eigenvalue weighted by Gasteiger charge is 2.40. The Hall–Kier alpha value is -1.39. The summed E-state index contributed by atoms with van der Waals surface area (Å²) in [6, 6.07) is 9.44. The van der Waals surface area contributed by atoms with Gasteiger partial charge < -0.3 is 10.0 Å². The molecule has 0 amide bonds. The minimum absolute atomic E-state index is 0.459. The van der Waals surface area contributed by atoms with Crippen molar-refractivity contribution in [2.75, 3.05) is 26.7 Å². The van der Waals surface area contributed by atoms with Crippen LogP contribution in [0, 0.1) is 0 Å². The van der Waals surface area contributed by atoms with Crippen molar-refractivity contribution in [1.29, 1.82) is 0 Å². The zero-order chi connectivity index (χ0) is 15.0. The SMILES string of the molecule is CCCCN(C)CC(NCC)(C(=O)O)c1ccccc1. The lowest BCUT2D eigenvalue weighted by atomic mass is 9.89. The predicted octanol–water partition coefficient (Wildman–Crippen LogP) is 2.31. The maximum absolute atomic E-state index is 11.9. The average Bonchev–Trinajstić information content (AvgIpc) is 2.45. The van der Waals surface area contributed by atoms with Gasteiger partial charge in [-0.3, -0.25) is 5.32 Å². The molecule has 1 aromatic rings. The molecule has 1 aromatic carbocycles. The summed E-state index contributed by atoms with van der Waals surface area (Å²) < 4.78 is 0. The summed E-state index contributed by atoms with van der Waals surface area (Å²) in [5.74, 6) is -0.825. The molecule has 0 fully saturated rings. The lowest BCUT2D eigenvalue weighted by Crippen LogP contribution is -2.56. The molecule has 0 spiro atoms. The molecule has 4 nitrogen and oxygen atoms in total. The predicted molar refractivity (Wildman–Crippen MR) is 81.8 cm³/mol. The fraction of sp³-hybridized carbons (Fsp3) is 0.562. The molecule has 20 heavy (non-hydrogen) atoms. The summed E-state index contributed by atoms with van der Waals surface area (Å²) in [4.78, 5) is 14.0. The van der Waals surface area contributed by atoms with E-state index in [1.165, 1.54) is 0 Å². The topological polar surface area (TPSA) is 52.6 Å². The zero-order valence-electron chi connectivity index (χ0n) is 12.7. The molecule has 0 radical (unpaired) electrons. The van der Waals surface area contributed by atoms with Crippen molar-refractivity contribution in [3.05, 3.63) is 35.9 Å². The maximum Gasteiger partial charge on any atom is 0.329 e. The van der Waals surface area contributed by atoms with E-state index in [1.807, 2.05) is 44.3 Å². The van der Waals surface area contributed by atoms with Crippen molar-refractivity contribution >= 4 is 5.97 Å². The number of hydrogen-bond acceptors (Lipinski definition) is 3. The highest BCUT2D eigenvalue weighted by Crippen LogP contribution is 2.23. The molecule has 0 saturated heterocycles. The van der Waals surface area contributed by atoms with E-state index < -0.39 is 11.5 Å². The first-order valence-electron chi connectivity index (χ1n) is 7.29. The third-order valence-electron chi connectivity index (χ3n) is 3.51. The molecule has 1 rings (SSSR count). The number of aliphatic carboxylic acids is 1. The third-order valence-corrected chi connectivity index (χ3v) is 3.51. The van der Waals surface area contributed by atoms with Crippen LogP contribution < -0.4 is 5.32 Å². The van der Waals surface area contributed by atoms with Crippen molar-refractivity contribution in [2.24, 2.45) is 0 Å². The summed E-state index contributed by atoms with van der Waals surface area (Å²) in [6.45, 7) is 6.05. The normalized spacial score (nSPS) is 14.2. The van der Waals surface area contributed by atoms with Crippen LogP contribution in [0.3, 0.4) is 0 Å². The van der Waals surface area contributed by atoms with Gasteiger partial charge in [-0.1, -0.05) is 50.6 Å². The summed E-state index contributed by atoms with van der Waals surface area (Å²) in [6.07, 6.45) is 2.18. The van der Waals surface area contributed by atoms with E-state index in [9.17, 15) is 9.90 Å². The molecular weight excluding hydrogens is 252 g/mol. The Morgan fingerprint density at radius 3 is 2.45 bits per heavy atom. The molecule has 1 unspecified atom stereocenters. The molecule has 0 bridgehead atoms. The van der Waals surface area contributed by atoms with E-state index in [-0.39, 0.29) is 0 Å². The van der Waals surface area contributed by atoms with E-state index >= 15 is 0 Å². The molecule has 4 heteroatoms. The average molecular weight is 278 g/mol. The van der Waals surface area contributed by atoms with Gasteiger partial charge in [-0.15, -0.1) is 0 Å². The number of nitrogens with zero attached hydrogens (tertiary/aromatic N) is 1.